The highest BCUT2D eigenvalue weighted by molar-refractivity contribution is 5.66. The maximum absolute atomic E-state index is 13.6. The van der Waals surface area contributed by atoms with E-state index in [1.807, 2.05) is 67.2 Å². The van der Waals surface area contributed by atoms with Crippen molar-refractivity contribution in [1.29, 1.82) is 0 Å². The zero-order valence-corrected chi connectivity index (χ0v) is 20.7. The van der Waals surface area contributed by atoms with Crippen LogP contribution in [-0.4, -0.2) is 23.2 Å². The van der Waals surface area contributed by atoms with Crippen molar-refractivity contribution in [2.24, 2.45) is 7.05 Å². The van der Waals surface area contributed by atoms with Crippen molar-refractivity contribution in [1.82, 2.24) is 9.13 Å². The van der Waals surface area contributed by atoms with Gasteiger partial charge in [0.1, 0.15) is 11.5 Å². The average molecular weight is 449 g/mol. The van der Waals surface area contributed by atoms with E-state index in [-0.39, 0.29) is 11.2 Å². The number of hydrogen-bond donors (Lipinski definition) is 0. The molecule has 0 bridgehead atoms. The summed E-state index contributed by atoms with van der Waals surface area (Å²) in [6.45, 7) is 7.91. The van der Waals surface area contributed by atoms with Crippen LogP contribution in [0.5, 0.6) is 0 Å². The topological polar surface area (TPSA) is 50.5 Å². The molecule has 1 heterocycles. The summed E-state index contributed by atoms with van der Waals surface area (Å²) in [6.07, 6.45) is 0.716. The van der Waals surface area contributed by atoms with Crippen LogP contribution in [-0.2, 0) is 26.7 Å². The molecule has 0 saturated heterocycles. The van der Waals surface area contributed by atoms with Crippen molar-refractivity contribution in [2.75, 3.05) is 23.9 Å². The van der Waals surface area contributed by atoms with E-state index in [9.17, 15) is 9.59 Å². The summed E-state index contributed by atoms with van der Waals surface area (Å²) < 4.78 is 2.97. The van der Waals surface area contributed by atoms with Crippen molar-refractivity contribution in [2.45, 2.75) is 52.7 Å². The van der Waals surface area contributed by atoms with Crippen LogP contribution in [0.4, 0.5) is 11.5 Å². The maximum atomic E-state index is 13.6. The average Bonchev–Trinajstić information content (AvgIpc) is 2.79. The Kier molecular flexibility index (Phi) is 7.79. The van der Waals surface area contributed by atoms with E-state index >= 15 is 0 Å². The van der Waals surface area contributed by atoms with E-state index in [0.29, 0.717) is 43.5 Å². The van der Waals surface area contributed by atoms with Crippen LogP contribution in [0.15, 0.2) is 64.2 Å². The summed E-state index contributed by atoms with van der Waals surface area (Å²) in [6, 6.07) is 18.4. The molecule has 1 aromatic heterocycles. The highest BCUT2D eigenvalue weighted by Crippen LogP contribution is 2.27. The highest BCUT2D eigenvalue weighted by Gasteiger charge is 2.24. The lowest BCUT2D eigenvalue weighted by molar-refractivity contribution is 0.575. The molecular weight excluding hydrogens is 412 g/mol. The molecule has 0 saturated carbocycles. The van der Waals surface area contributed by atoms with Crippen LogP contribution in [0.2, 0.25) is 0 Å². The molecule has 3 aromatic rings. The fraction of sp³-hybridized carbons (Fsp3) is 0.407. The van der Waals surface area contributed by atoms with Gasteiger partial charge in [-0.15, -0.1) is 0 Å². The smallest absolute Gasteiger partial charge is 0.332 e. The molecule has 0 aliphatic rings. The Morgan fingerprint density at radius 3 is 2.15 bits per heavy atom. The molecule has 33 heavy (non-hydrogen) atoms. The molecule has 0 amide bonds. The van der Waals surface area contributed by atoms with Gasteiger partial charge in [-0.05, 0) is 29.0 Å². The van der Waals surface area contributed by atoms with Gasteiger partial charge in [0.05, 0.1) is 0 Å². The summed E-state index contributed by atoms with van der Waals surface area (Å²) >= 11 is 0. The predicted molar refractivity (Wildman–Crippen MR) is 137 cm³/mol. The first kappa shape index (κ1) is 24.4. The van der Waals surface area contributed by atoms with Crippen molar-refractivity contribution in [3.8, 4) is 0 Å². The molecule has 0 aliphatic heterocycles. The quantitative estimate of drug-likeness (QED) is 0.488. The monoisotopic (exact) mass is 448 g/mol. The van der Waals surface area contributed by atoms with Crippen molar-refractivity contribution in [3.63, 3.8) is 0 Å². The number of aromatic nitrogens is 2. The molecule has 0 radical (unpaired) electrons. The van der Waals surface area contributed by atoms with Gasteiger partial charge in [-0.1, -0.05) is 75.4 Å². The van der Waals surface area contributed by atoms with Gasteiger partial charge in [-0.25, -0.2) is 4.79 Å². The number of rotatable bonds is 9. The molecule has 2 aromatic carbocycles. The van der Waals surface area contributed by atoms with E-state index in [1.165, 1.54) is 15.7 Å². The first-order valence-corrected chi connectivity index (χ1v) is 11.6. The van der Waals surface area contributed by atoms with Crippen LogP contribution in [0.3, 0.4) is 0 Å². The van der Waals surface area contributed by atoms with Gasteiger partial charge in [0, 0.05) is 40.8 Å². The molecule has 0 atom stereocenters. The van der Waals surface area contributed by atoms with Crippen LogP contribution in [0.1, 0.15) is 49.8 Å². The number of nitrogens with zero attached hydrogens (tertiary/aromatic N) is 4. The number of anilines is 2. The van der Waals surface area contributed by atoms with Gasteiger partial charge < -0.3 is 9.80 Å². The standard InChI is InChI=1S/C27H36N4O2/c1-7-17-31-26(32)24(28(4)18-21-13-9-8-10-14-21)25(30(6)27(31)33)29(5)19-22-15-11-12-16-23(22)20(2)3/h8-16,20H,7,17-19H2,1-6H3. The van der Waals surface area contributed by atoms with Crippen LogP contribution >= 0.6 is 0 Å². The fourth-order valence-corrected chi connectivity index (χ4v) is 4.44. The van der Waals surface area contributed by atoms with Gasteiger partial charge in [-0.3, -0.25) is 13.9 Å². The second-order valence-corrected chi connectivity index (χ2v) is 9.02. The lowest BCUT2D eigenvalue weighted by atomic mass is 9.97. The van der Waals surface area contributed by atoms with Crippen molar-refractivity contribution < 1.29 is 0 Å². The lowest BCUT2D eigenvalue weighted by Crippen LogP contribution is -2.44. The first-order valence-electron chi connectivity index (χ1n) is 11.6. The summed E-state index contributed by atoms with van der Waals surface area (Å²) in [5.41, 5.74) is 3.59. The SMILES string of the molecule is CCCn1c(=O)c(N(C)Cc2ccccc2)c(N(C)Cc2ccccc2C(C)C)n(C)c1=O. The Balaban J connectivity index is 2.13. The minimum absolute atomic E-state index is 0.239. The highest BCUT2D eigenvalue weighted by atomic mass is 16.2. The van der Waals surface area contributed by atoms with Crippen molar-refractivity contribution in [3.05, 3.63) is 92.1 Å². The third-order valence-electron chi connectivity index (χ3n) is 6.03. The number of hydrogen-bond acceptors (Lipinski definition) is 4. The minimum atomic E-state index is -0.280. The van der Waals surface area contributed by atoms with Gasteiger partial charge in [-0.2, -0.15) is 0 Å². The third kappa shape index (κ3) is 5.21. The van der Waals surface area contributed by atoms with E-state index in [4.69, 9.17) is 0 Å². The summed E-state index contributed by atoms with van der Waals surface area (Å²) in [5.74, 6) is 1.02. The fourth-order valence-electron chi connectivity index (χ4n) is 4.44. The van der Waals surface area contributed by atoms with Gasteiger partial charge in [0.25, 0.3) is 5.56 Å². The molecule has 0 unspecified atom stereocenters. The second kappa shape index (κ2) is 10.6. The Hall–Kier alpha value is -3.28. The second-order valence-electron chi connectivity index (χ2n) is 9.02. The van der Waals surface area contributed by atoms with Crippen molar-refractivity contribution >= 4 is 11.5 Å². The molecule has 3 rings (SSSR count). The van der Waals surface area contributed by atoms with E-state index in [0.717, 1.165) is 5.56 Å². The van der Waals surface area contributed by atoms with Gasteiger partial charge in [0.15, 0.2) is 0 Å². The van der Waals surface area contributed by atoms with Crippen LogP contribution in [0, 0.1) is 0 Å². The summed E-state index contributed by atoms with van der Waals surface area (Å²) in [4.78, 5) is 30.7. The van der Waals surface area contributed by atoms with Gasteiger partial charge >= 0.3 is 5.69 Å². The molecule has 176 valence electrons. The maximum Gasteiger partial charge on any atom is 0.332 e. The first-order chi connectivity index (χ1) is 15.8. The molecule has 0 aliphatic carbocycles. The Labute approximate surface area is 196 Å². The molecule has 6 heteroatoms. The molecular formula is C27H36N4O2. The lowest BCUT2D eigenvalue weighted by Gasteiger charge is -2.30. The Bertz CT molecular complexity index is 1190. The van der Waals surface area contributed by atoms with E-state index < -0.39 is 0 Å². The Morgan fingerprint density at radius 2 is 1.52 bits per heavy atom. The van der Waals surface area contributed by atoms with Gasteiger partial charge in [0.2, 0.25) is 0 Å². The predicted octanol–water partition coefficient (Wildman–Crippen LogP) is 4.35. The largest absolute Gasteiger partial charge is 0.363 e. The molecule has 0 N–H and O–H groups in total. The minimum Gasteiger partial charge on any atom is -0.363 e. The molecule has 6 nitrogen and oxygen atoms in total. The number of benzene rings is 2. The summed E-state index contributed by atoms with van der Waals surface area (Å²) in [5, 5.41) is 0. The van der Waals surface area contributed by atoms with Crippen LogP contribution in [0.25, 0.3) is 0 Å². The van der Waals surface area contributed by atoms with E-state index in [1.54, 1.807) is 11.6 Å². The molecule has 0 spiro atoms. The Morgan fingerprint density at radius 1 is 0.879 bits per heavy atom. The zero-order chi connectivity index (χ0) is 24.1. The van der Waals surface area contributed by atoms with Crippen LogP contribution < -0.4 is 21.0 Å². The molecule has 0 fully saturated rings. The third-order valence-corrected chi connectivity index (χ3v) is 6.03. The zero-order valence-electron chi connectivity index (χ0n) is 20.7. The van der Waals surface area contributed by atoms with E-state index in [2.05, 4.69) is 32.0 Å². The normalized spacial score (nSPS) is 11.1. The summed E-state index contributed by atoms with van der Waals surface area (Å²) in [7, 11) is 5.63.